The SMILES string of the molecule is COc1ccc(C2C(=C(O)c3ccc(OCc4ccccc4C)cc3)C(=O)C(=O)N2c2nnc(SCc3ccc(Cl)cc3Cl)s2)cc1OC. The number of nitrogens with zero attached hydrogens (tertiary/aromatic N) is 3. The summed E-state index contributed by atoms with van der Waals surface area (Å²) in [6.45, 7) is 2.39. The molecule has 0 bridgehead atoms. The zero-order valence-corrected chi connectivity index (χ0v) is 29.6. The summed E-state index contributed by atoms with van der Waals surface area (Å²) in [5.41, 5.74) is 3.74. The van der Waals surface area contributed by atoms with Crippen LogP contribution in [0.4, 0.5) is 5.13 Å². The molecule has 1 saturated heterocycles. The molecular weight excluding hydrogens is 705 g/mol. The Morgan fingerprint density at radius 3 is 2.39 bits per heavy atom. The lowest BCUT2D eigenvalue weighted by atomic mass is 9.95. The number of Topliss-reactive ketones (excluding diaryl/α,β-unsaturated/α-hetero) is 1. The lowest BCUT2D eigenvalue weighted by molar-refractivity contribution is -0.132. The van der Waals surface area contributed by atoms with Gasteiger partial charge in [-0.15, -0.1) is 10.2 Å². The molecule has 2 heterocycles. The maximum absolute atomic E-state index is 13.7. The number of methoxy groups -OCH3 is 2. The number of benzene rings is 4. The zero-order chi connectivity index (χ0) is 34.7. The van der Waals surface area contributed by atoms with Crippen LogP contribution in [0.2, 0.25) is 10.0 Å². The number of aliphatic hydroxyl groups excluding tert-OH is 1. The van der Waals surface area contributed by atoms with Gasteiger partial charge in [0.1, 0.15) is 18.1 Å². The number of ketones is 1. The fraction of sp³-hybridized carbons (Fsp3) is 0.167. The number of halogens is 2. The summed E-state index contributed by atoms with van der Waals surface area (Å²) in [6.07, 6.45) is 0. The number of hydrogen-bond acceptors (Lipinski definition) is 10. The van der Waals surface area contributed by atoms with Crippen LogP contribution in [-0.4, -0.2) is 41.2 Å². The van der Waals surface area contributed by atoms with Crippen molar-refractivity contribution >= 4 is 68.9 Å². The third-order valence-corrected chi connectivity index (χ3v) is 10.6. The van der Waals surface area contributed by atoms with Crippen LogP contribution in [0.25, 0.3) is 5.76 Å². The number of carbonyl (C=O) groups is 2. The molecule has 49 heavy (non-hydrogen) atoms. The second kappa shape index (κ2) is 14.9. The molecule has 6 rings (SSSR count). The monoisotopic (exact) mass is 733 g/mol. The number of thioether (sulfide) groups is 1. The average molecular weight is 735 g/mol. The zero-order valence-electron chi connectivity index (χ0n) is 26.5. The average Bonchev–Trinajstić information content (AvgIpc) is 3.68. The Morgan fingerprint density at radius 2 is 1.67 bits per heavy atom. The maximum Gasteiger partial charge on any atom is 0.301 e. The van der Waals surface area contributed by atoms with Crippen molar-refractivity contribution in [3.8, 4) is 17.2 Å². The Morgan fingerprint density at radius 1 is 0.918 bits per heavy atom. The number of amides is 1. The largest absolute Gasteiger partial charge is 0.507 e. The van der Waals surface area contributed by atoms with Gasteiger partial charge in [-0.2, -0.15) is 0 Å². The van der Waals surface area contributed by atoms with Crippen LogP contribution in [0.5, 0.6) is 17.2 Å². The fourth-order valence-corrected chi connectivity index (χ4v) is 7.73. The fourth-order valence-electron chi connectivity index (χ4n) is 5.30. The van der Waals surface area contributed by atoms with Crippen LogP contribution in [0.1, 0.15) is 33.9 Å². The van der Waals surface area contributed by atoms with Crippen LogP contribution < -0.4 is 19.1 Å². The maximum atomic E-state index is 13.7. The van der Waals surface area contributed by atoms with E-state index in [0.29, 0.717) is 55.1 Å². The lowest BCUT2D eigenvalue weighted by Gasteiger charge is -2.23. The summed E-state index contributed by atoms with van der Waals surface area (Å²) in [4.78, 5) is 28.7. The number of aromatic nitrogens is 2. The van der Waals surface area contributed by atoms with Crippen molar-refractivity contribution in [1.82, 2.24) is 10.2 Å². The van der Waals surface area contributed by atoms with Gasteiger partial charge in [-0.3, -0.25) is 14.5 Å². The Kier molecular flexibility index (Phi) is 10.4. The van der Waals surface area contributed by atoms with Crippen molar-refractivity contribution in [2.45, 2.75) is 29.7 Å². The Bertz CT molecular complexity index is 2070. The molecule has 1 aromatic heterocycles. The first-order chi connectivity index (χ1) is 23.7. The van der Waals surface area contributed by atoms with E-state index in [1.165, 1.54) is 30.9 Å². The normalized spacial score (nSPS) is 15.4. The summed E-state index contributed by atoms with van der Waals surface area (Å²) in [5.74, 6) is -0.165. The molecule has 9 nitrogen and oxygen atoms in total. The van der Waals surface area contributed by atoms with Crippen molar-refractivity contribution in [3.63, 3.8) is 0 Å². The van der Waals surface area contributed by atoms with E-state index in [2.05, 4.69) is 10.2 Å². The van der Waals surface area contributed by atoms with Gasteiger partial charge < -0.3 is 19.3 Å². The van der Waals surface area contributed by atoms with Gasteiger partial charge in [0.25, 0.3) is 5.78 Å². The topological polar surface area (TPSA) is 111 Å². The predicted octanol–water partition coefficient (Wildman–Crippen LogP) is 8.67. The van der Waals surface area contributed by atoms with E-state index in [1.807, 2.05) is 37.3 Å². The summed E-state index contributed by atoms with van der Waals surface area (Å²) < 4.78 is 17.5. The van der Waals surface area contributed by atoms with E-state index >= 15 is 0 Å². The van der Waals surface area contributed by atoms with Crippen molar-refractivity contribution in [1.29, 1.82) is 0 Å². The minimum Gasteiger partial charge on any atom is -0.507 e. The first-order valence-corrected chi connectivity index (χ1v) is 17.4. The van der Waals surface area contributed by atoms with Crippen molar-refractivity contribution in [3.05, 3.63) is 128 Å². The number of aliphatic hydroxyl groups is 1. The van der Waals surface area contributed by atoms with Gasteiger partial charge in [-0.05, 0) is 77.7 Å². The molecule has 1 aliphatic heterocycles. The standard InChI is InChI=1S/C36H29Cl2N3O6S2/c1-20-6-4-5-7-23(20)18-47-26-13-9-21(10-14-26)32(42)30-31(22-11-15-28(45-2)29(16-22)46-3)41(34(44)33(30)43)35-39-40-36(49-35)48-19-24-8-12-25(37)17-27(24)38/h4-17,31,42H,18-19H2,1-3H3. The number of carbonyl (C=O) groups excluding carboxylic acids is 2. The summed E-state index contributed by atoms with van der Waals surface area (Å²) in [6, 6.07) is 23.9. The molecule has 1 fully saturated rings. The minimum atomic E-state index is -1.05. The molecule has 0 aliphatic carbocycles. The highest BCUT2D eigenvalue weighted by Crippen LogP contribution is 2.46. The smallest absolute Gasteiger partial charge is 0.301 e. The quantitative estimate of drug-likeness (QED) is 0.0469. The highest BCUT2D eigenvalue weighted by Gasteiger charge is 2.48. The lowest BCUT2D eigenvalue weighted by Crippen LogP contribution is -2.29. The summed E-state index contributed by atoms with van der Waals surface area (Å²) in [5, 5.41) is 21.5. The van der Waals surface area contributed by atoms with Crippen molar-refractivity contribution in [2.75, 3.05) is 19.1 Å². The van der Waals surface area contributed by atoms with Crippen LogP contribution in [0.15, 0.2) is 94.8 Å². The molecule has 1 atom stereocenters. The summed E-state index contributed by atoms with van der Waals surface area (Å²) >= 11 is 14.9. The number of rotatable bonds is 11. The molecule has 4 aromatic carbocycles. The van der Waals surface area contributed by atoms with Crippen LogP contribution in [0.3, 0.4) is 0 Å². The molecule has 5 aromatic rings. The molecule has 0 spiro atoms. The van der Waals surface area contributed by atoms with E-state index in [1.54, 1.807) is 54.6 Å². The number of ether oxygens (including phenoxy) is 3. The number of anilines is 1. The minimum absolute atomic E-state index is 0.108. The van der Waals surface area contributed by atoms with Gasteiger partial charge in [0, 0.05) is 21.4 Å². The molecule has 1 N–H and O–H groups in total. The molecule has 13 heteroatoms. The number of aryl methyl sites for hydroxylation is 1. The first kappa shape index (κ1) is 34.3. The highest BCUT2D eigenvalue weighted by atomic mass is 35.5. The van der Waals surface area contributed by atoms with Gasteiger partial charge in [-0.25, -0.2) is 0 Å². The van der Waals surface area contributed by atoms with Crippen molar-refractivity contribution in [2.24, 2.45) is 0 Å². The van der Waals surface area contributed by atoms with E-state index in [0.717, 1.165) is 28.0 Å². The molecule has 250 valence electrons. The second-order valence-corrected chi connectivity index (χ2v) is 13.9. The van der Waals surface area contributed by atoms with Gasteiger partial charge in [0.15, 0.2) is 15.8 Å². The molecule has 1 amide bonds. The third-order valence-electron chi connectivity index (χ3n) is 7.92. The molecule has 1 unspecified atom stereocenters. The van der Waals surface area contributed by atoms with E-state index < -0.39 is 17.7 Å². The second-order valence-electron chi connectivity index (χ2n) is 10.9. The predicted molar refractivity (Wildman–Crippen MR) is 192 cm³/mol. The molecule has 0 saturated carbocycles. The van der Waals surface area contributed by atoms with Crippen LogP contribution in [0, 0.1) is 6.92 Å². The van der Waals surface area contributed by atoms with Gasteiger partial charge in [0.2, 0.25) is 5.13 Å². The van der Waals surface area contributed by atoms with Crippen molar-refractivity contribution < 1.29 is 28.9 Å². The third kappa shape index (κ3) is 7.25. The Balaban J connectivity index is 1.34. The Hall–Kier alpha value is -4.55. The molecule has 0 radical (unpaired) electrons. The van der Waals surface area contributed by atoms with E-state index in [9.17, 15) is 14.7 Å². The number of hydrogen-bond donors (Lipinski definition) is 1. The van der Waals surface area contributed by atoms with Crippen LogP contribution >= 0.6 is 46.3 Å². The van der Waals surface area contributed by atoms with E-state index in [-0.39, 0.29) is 16.5 Å². The van der Waals surface area contributed by atoms with Crippen LogP contribution in [-0.2, 0) is 21.9 Å². The summed E-state index contributed by atoms with van der Waals surface area (Å²) in [7, 11) is 3.00. The van der Waals surface area contributed by atoms with Gasteiger partial charge in [-0.1, -0.05) is 82.7 Å². The van der Waals surface area contributed by atoms with Gasteiger partial charge >= 0.3 is 5.91 Å². The highest BCUT2D eigenvalue weighted by molar-refractivity contribution is 8.00. The van der Waals surface area contributed by atoms with Gasteiger partial charge in [0.05, 0.1) is 25.8 Å². The molecule has 1 aliphatic rings. The molecular formula is C36H29Cl2N3O6S2. The first-order valence-electron chi connectivity index (χ1n) is 14.9. The van der Waals surface area contributed by atoms with E-state index in [4.69, 9.17) is 37.4 Å². The Labute approximate surface area is 301 Å².